The maximum atomic E-state index is 12.3. The van der Waals surface area contributed by atoms with E-state index in [1.165, 1.54) is 0 Å². The van der Waals surface area contributed by atoms with Crippen molar-refractivity contribution in [3.8, 4) is 0 Å². The number of nitrogens with zero attached hydrogens (tertiary/aromatic N) is 1. The first-order chi connectivity index (χ1) is 11.1. The fraction of sp³-hybridized carbons (Fsp3) is 0.150. The highest BCUT2D eigenvalue weighted by molar-refractivity contribution is 6.14. The summed E-state index contributed by atoms with van der Waals surface area (Å²) < 4.78 is 0. The van der Waals surface area contributed by atoms with Crippen LogP contribution in [-0.2, 0) is 0 Å². The number of rotatable bonds is 3. The van der Waals surface area contributed by atoms with Crippen molar-refractivity contribution in [2.75, 3.05) is 19.0 Å². The second kappa shape index (κ2) is 6.23. The van der Waals surface area contributed by atoms with Crippen LogP contribution in [0.1, 0.15) is 27.6 Å². The molecule has 1 N–H and O–H groups in total. The number of allylic oxidation sites excluding steroid dienone is 2. The quantitative estimate of drug-likeness (QED) is 0.881. The van der Waals surface area contributed by atoms with Crippen molar-refractivity contribution in [2.24, 2.45) is 0 Å². The van der Waals surface area contributed by atoms with Gasteiger partial charge in [0.1, 0.15) is 6.10 Å². The van der Waals surface area contributed by atoms with E-state index in [4.69, 9.17) is 0 Å². The van der Waals surface area contributed by atoms with E-state index in [1.54, 1.807) is 18.2 Å². The minimum absolute atomic E-state index is 0.0966. The molecule has 3 nitrogen and oxygen atoms in total. The van der Waals surface area contributed by atoms with Crippen LogP contribution in [0, 0.1) is 0 Å². The molecule has 23 heavy (non-hydrogen) atoms. The minimum Gasteiger partial charge on any atom is -0.383 e. The number of anilines is 1. The van der Waals surface area contributed by atoms with Crippen LogP contribution in [0.25, 0.3) is 6.08 Å². The number of fused-ring (bicyclic) bond motifs is 1. The van der Waals surface area contributed by atoms with Gasteiger partial charge in [-0.2, -0.15) is 0 Å². The molecule has 1 atom stereocenters. The fourth-order valence-corrected chi connectivity index (χ4v) is 2.70. The monoisotopic (exact) mass is 305 g/mol. The Labute approximate surface area is 136 Å². The summed E-state index contributed by atoms with van der Waals surface area (Å²) in [7, 11) is 4.00. The highest BCUT2D eigenvalue weighted by Gasteiger charge is 2.32. The molecule has 0 spiro atoms. The van der Waals surface area contributed by atoms with Gasteiger partial charge in [0.2, 0.25) is 0 Å². The average Bonchev–Trinajstić information content (AvgIpc) is 2.81. The Kier molecular flexibility index (Phi) is 4.13. The number of hydrogen-bond donors (Lipinski definition) is 1. The zero-order valence-corrected chi connectivity index (χ0v) is 13.2. The van der Waals surface area contributed by atoms with Crippen LogP contribution in [0.4, 0.5) is 5.69 Å². The zero-order valence-electron chi connectivity index (χ0n) is 13.2. The lowest BCUT2D eigenvalue weighted by Crippen LogP contribution is -2.07. The highest BCUT2D eigenvalue weighted by Crippen LogP contribution is 2.35. The maximum absolute atomic E-state index is 12.3. The van der Waals surface area contributed by atoms with E-state index in [1.807, 2.05) is 67.5 Å². The predicted octanol–water partition coefficient (Wildman–Crippen LogP) is 3.62. The molecule has 0 bridgehead atoms. The summed E-state index contributed by atoms with van der Waals surface area (Å²) in [5, 5.41) is 10.3. The number of benzene rings is 2. The second-order valence-electron chi connectivity index (χ2n) is 5.79. The zero-order chi connectivity index (χ0) is 16.4. The smallest absolute Gasteiger partial charge is 0.192 e. The number of hydrogen-bond acceptors (Lipinski definition) is 3. The summed E-state index contributed by atoms with van der Waals surface area (Å²) in [4.78, 5) is 14.3. The van der Waals surface area contributed by atoms with Crippen LogP contribution in [0.3, 0.4) is 0 Å². The van der Waals surface area contributed by atoms with Gasteiger partial charge in [-0.25, -0.2) is 0 Å². The molecule has 3 heteroatoms. The van der Waals surface area contributed by atoms with E-state index in [0.29, 0.717) is 16.7 Å². The van der Waals surface area contributed by atoms with Gasteiger partial charge < -0.3 is 10.0 Å². The van der Waals surface area contributed by atoms with Crippen LogP contribution >= 0.6 is 0 Å². The third-order valence-corrected chi connectivity index (χ3v) is 4.03. The molecule has 2 aromatic rings. The fourth-order valence-electron chi connectivity index (χ4n) is 2.70. The molecule has 0 heterocycles. The Balaban J connectivity index is 1.79. The van der Waals surface area contributed by atoms with Gasteiger partial charge >= 0.3 is 0 Å². The Morgan fingerprint density at radius 2 is 1.74 bits per heavy atom. The summed E-state index contributed by atoms with van der Waals surface area (Å²) in [5.74, 6) is -0.0966. The molecule has 2 aromatic carbocycles. The van der Waals surface area contributed by atoms with Crippen molar-refractivity contribution < 1.29 is 9.90 Å². The first kappa shape index (κ1) is 15.3. The van der Waals surface area contributed by atoms with Crippen molar-refractivity contribution in [2.45, 2.75) is 6.10 Å². The lowest BCUT2D eigenvalue weighted by atomic mass is 10.1. The molecule has 0 saturated heterocycles. The van der Waals surface area contributed by atoms with Gasteiger partial charge in [-0.05, 0) is 23.3 Å². The van der Waals surface area contributed by atoms with E-state index in [-0.39, 0.29) is 5.78 Å². The Bertz CT molecular complexity index is 786. The molecule has 3 rings (SSSR count). The van der Waals surface area contributed by atoms with Gasteiger partial charge in [0.25, 0.3) is 0 Å². The van der Waals surface area contributed by atoms with Crippen molar-refractivity contribution in [3.05, 3.63) is 82.9 Å². The molecule has 116 valence electrons. The standard InChI is InChI=1S/C20H19NO2/c1-21(2)15-12-10-14(11-13-15)6-5-9-18-19(22)16-7-3-4-8-17(16)20(18)23/h3-13,19,22H,1-2H3. The molecule has 0 fully saturated rings. The summed E-state index contributed by atoms with van der Waals surface area (Å²) in [6.45, 7) is 0. The summed E-state index contributed by atoms with van der Waals surface area (Å²) in [6, 6.07) is 15.3. The van der Waals surface area contributed by atoms with E-state index >= 15 is 0 Å². The molecule has 0 radical (unpaired) electrons. The van der Waals surface area contributed by atoms with E-state index < -0.39 is 6.10 Å². The number of aliphatic hydroxyl groups is 1. The average molecular weight is 305 g/mol. The van der Waals surface area contributed by atoms with E-state index in [2.05, 4.69) is 0 Å². The molecule has 1 unspecified atom stereocenters. The van der Waals surface area contributed by atoms with Crippen molar-refractivity contribution in [1.82, 2.24) is 0 Å². The van der Waals surface area contributed by atoms with E-state index in [9.17, 15) is 9.90 Å². The third kappa shape index (κ3) is 2.96. The SMILES string of the molecule is CN(C)c1ccc(C=CC=C2C(=O)c3ccccc3C2O)cc1. The summed E-state index contributed by atoms with van der Waals surface area (Å²) in [6.07, 6.45) is 4.61. The molecule has 0 aliphatic heterocycles. The van der Waals surface area contributed by atoms with Crippen molar-refractivity contribution in [1.29, 1.82) is 0 Å². The second-order valence-corrected chi connectivity index (χ2v) is 5.79. The predicted molar refractivity (Wildman–Crippen MR) is 93.6 cm³/mol. The molecule has 0 aromatic heterocycles. The number of Topliss-reactive ketones (excluding diaryl/α,β-unsaturated/α-hetero) is 1. The molecule has 1 aliphatic rings. The third-order valence-electron chi connectivity index (χ3n) is 4.03. The Morgan fingerprint density at radius 1 is 1.04 bits per heavy atom. The van der Waals surface area contributed by atoms with Gasteiger partial charge in [0.05, 0.1) is 0 Å². The van der Waals surface area contributed by atoms with Gasteiger partial charge in [-0.3, -0.25) is 4.79 Å². The van der Waals surface area contributed by atoms with Gasteiger partial charge in [-0.15, -0.1) is 0 Å². The molecular formula is C20H19NO2. The summed E-state index contributed by atoms with van der Waals surface area (Å²) >= 11 is 0. The number of carbonyl (C=O) groups excluding carboxylic acids is 1. The molecule has 0 amide bonds. The van der Waals surface area contributed by atoms with Gasteiger partial charge in [0.15, 0.2) is 5.78 Å². The lowest BCUT2D eigenvalue weighted by molar-refractivity contribution is 0.101. The Hall–Kier alpha value is -2.65. The lowest BCUT2D eigenvalue weighted by Gasteiger charge is -2.11. The largest absolute Gasteiger partial charge is 0.383 e. The minimum atomic E-state index is -0.834. The van der Waals surface area contributed by atoms with E-state index in [0.717, 1.165) is 11.3 Å². The van der Waals surface area contributed by atoms with Crippen molar-refractivity contribution >= 4 is 17.5 Å². The number of ketones is 1. The van der Waals surface area contributed by atoms with Crippen LogP contribution < -0.4 is 4.90 Å². The molecule has 1 aliphatic carbocycles. The van der Waals surface area contributed by atoms with Gasteiger partial charge in [0, 0.05) is 30.9 Å². The number of carbonyl (C=O) groups is 1. The first-order valence-electron chi connectivity index (χ1n) is 7.55. The van der Waals surface area contributed by atoms with Crippen LogP contribution in [0.5, 0.6) is 0 Å². The number of aliphatic hydroxyl groups excluding tert-OH is 1. The van der Waals surface area contributed by atoms with Gasteiger partial charge in [-0.1, -0.05) is 54.6 Å². The molecule has 0 saturated carbocycles. The maximum Gasteiger partial charge on any atom is 0.192 e. The normalized spacial score (nSPS) is 18.7. The Morgan fingerprint density at radius 3 is 2.39 bits per heavy atom. The van der Waals surface area contributed by atoms with Crippen LogP contribution in [0.15, 0.2) is 66.3 Å². The first-order valence-corrected chi connectivity index (χ1v) is 7.55. The van der Waals surface area contributed by atoms with Crippen LogP contribution in [-0.4, -0.2) is 25.0 Å². The summed E-state index contributed by atoms with van der Waals surface area (Å²) in [5.41, 5.74) is 3.89. The highest BCUT2D eigenvalue weighted by atomic mass is 16.3. The molecular weight excluding hydrogens is 286 g/mol. The topological polar surface area (TPSA) is 40.5 Å². The van der Waals surface area contributed by atoms with Crippen molar-refractivity contribution in [3.63, 3.8) is 0 Å². The van der Waals surface area contributed by atoms with Crippen LogP contribution in [0.2, 0.25) is 0 Å².